The molecule has 20 heavy (non-hydrogen) atoms. The van der Waals surface area contributed by atoms with Gasteiger partial charge < -0.3 is 5.32 Å². The summed E-state index contributed by atoms with van der Waals surface area (Å²) < 4.78 is 0. The van der Waals surface area contributed by atoms with Gasteiger partial charge in [-0.15, -0.1) is 0 Å². The van der Waals surface area contributed by atoms with E-state index >= 15 is 0 Å². The molecule has 0 aromatic heterocycles. The summed E-state index contributed by atoms with van der Waals surface area (Å²) in [6, 6.07) is 8.87. The molecule has 0 unspecified atom stereocenters. The zero-order chi connectivity index (χ0) is 14.6. The molecule has 1 aromatic carbocycles. The van der Waals surface area contributed by atoms with Crippen molar-refractivity contribution in [3.8, 4) is 0 Å². The van der Waals surface area contributed by atoms with E-state index in [1.807, 2.05) is 0 Å². The summed E-state index contributed by atoms with van der Waals surface area (Å²) in [7, 11) is 0. The van der Waals surface area contributed by atoms with Gasteiger partial charge in [-0.05, 0) is 57.2 Å². The molecule has 0 bridgehead atoms. The molecule has 1 aliphatic rings. The van der Waals surface area contributed by atoms with Gasteiger partial charge in [-0.2, -0.15) is 0 Å². The van der Waals surface area contributed by atoms with Crippen LogP contribution in [0.3, 0.4) is 0 Å². The van der Waals surface area contributed by atoms with Crippen LogP contribution in [0, 0.1) is 5.92 Å². The zero-order valence-electron chi connectivity index (χ0n) is 13.6. The van der Waals surface area contributed by atoms with E-state index in [9.17, 15) is 0 Å². The summed E-state index contributed by atoms with van der Waals surface area (Å²) in [5.74, 6) is 0.967. The second-order valence-corrected chi connectivity index (χ2v) is 7.14. The fraction of sp³-hybridized carbons (Fsp3) is 0.667. The molecule has 0 spiro atoms. The van der Waals surface area contributed by atoms with E-state index in [2.05, 4.69) is 62.2 Å². The van der Waals surface area contributed by atoms with Crippen molar-refractivity contribution in [1.82, 2.24) is 10.2 Å². The first-order chi connectivity index (χ1) is 9.48. The molecule has 1 aliphatic carbocycles. The van der Waals surface area contributed by atoms with E-state index in [1.165, 1.54) is 30.5 Å². The molecular formula is C18H30N2. The Morgan fingerprint density at radius 1 is 1.15 bits per heavy atom. The summed E-state index contributed by atoms with van der Waals surface area (Å²) in [4.78, 5) is 2.59. The molecule has 0 aliphatic heterocycles. The van der Waals surface area contributed by atoms with E-state index < -0.39 is 0 Å². The van der Waals surface area contributed by atoms with Crippen LogP contribution in [0.1, 0.15) is 51.7 Å². The third-order valence-electron chi connectivity index (χ3n) is 3.98. The molecular weight excluding hydrogens is 244 g/mol. The highest BCUT2D eigenvalue weighted by atomic mass is 15.1. The zero-order valence-corrected chi connectivity index (χ0v) is 13.6. The number of nitrogens with zero attached hydrogens (tertiary/aromatic N) is 1. The van der Waals surface area contributed by atoms with Gasteiger partial charge in [-0.1, -0.05) is 31.2 Å². The maximum atomic E-state index is 3.60. The number of hydrogen-bond acceptors (Lipinski definition) is 2. The minimum Gasteiger partial charge on any atom is -0.308 e. The first kappa shape index (κ1) is 15.5. The Hall–Kier alpha value is -0.860. The second-order valence-electron chi connectivity index (χ2n) is 7.14. The van der Waals surface area contributed by atoms with Crippen LogP contribution >= 0.6 is 0 Å². The van der Waals surface area contributed by atoms with Crippen LogP contribution < -0.4 is 5.32 Å². The van der Waals surface area contributed by atoms with Gasteiger partial charge in [-0.25, -0.2) is 0 Å². The van der Waals surface area contributed by atoms with Gasteiger partial charge >= 0.3 is 0 Å². The molecule has 0 amide bonds. The van der Waals surface area contributed by atoms with Gasteiger partial charge in [0.2, 0.25) is 0 Å². The van der Waals surface area contributed by atoms with Crippen LogP contribution in [-0.2, 0) is 13.1 Å². The van der Waals surface area contributed by atoms with Crippen molar-refractivity contribution in [3.63, 3.8) is 0 Å². The van der Waals surface area contributed by atoms with E-state index in [1.54, 1.807) is 0 Å². The molecule has 1 fully saturated rings. The molecule has 0 heterocycles. The van der Waals surface area contributed by atoms with Gasteiger partial charge in [0.05, 0.1) is 0 Å². The van der Waals surface area contributed by atoms with Crippen LogP contribution in [0.5, 0.6) is 0 Å². The predicted octanol–water partition coefficient (Wildman–Crippen LogP) is 3.81. The third-order valence-corrected chi connectivity index (χ3v) is 3.98. The Kier molecular flexibility index (Phi) is 5.22. The van der Waals surface area contributed by atoms with Crippen molar-refractivity contribution in [3.05, 3.63) is 35.4 Å². The Morgan fingerprint density at radius 2 is 1.80 bits per heavy atom. The molecule has 1 saturated carbocycles. The molecule has 112 valence electrons. The first-order valence-electron chi connectivity index (χ1n) is 8.02. The van der Waals surface area contributed by atoms with Gasteiger partial charge in [0.15, 0.2) is 0 Å². The number of benzene rings is 1. The monoisotopic (exact) mass is 274 g/mol. The third kappa shape index (κ3) is 5.26. The molecule has 1 N–H and O–H groups in total. The maximum absolute atomic E-state index is 3.60. The highest BCUT2D eigenvalue weighted by molar-refractivity contribution is 5.27. The Balaban J connectivity index is 1.98. The molecule has 0 atom stereocenters. The van der Waals surface area contributed by atoms with Crippen LogP contribution in [0.2, 0.25) is 0 Å². The lowest BCUT2D eigenvalue weighted by Gasteiger charge is -2.24. The number of nitrogens with one attached hydrogen (secondary N) is 1. The Labute approximate surface area is 124 Å². The number of rotatable bonds is 7. The minimum absolute atomic E-state index is 0.172. The van der Waals surface area contributed by atoms with Gasteiger partial charge in [-0.3, -0.25) is 4.90 Å². The highest BCUT2D eigenvalue weighted by Crippen LogP contribution is 2.30. The van der Waals surface area contributed by atoms with Crippen LogP contribution in [-0.4, -0.2) is 23.5 Å². The van der Waals surface area contributed by atoms with Gasteiger partial charge in [0.1, 0.15) is 0 Å². The average Bonchev–Trinajstić information content (AvgIpc) is 3.20. The number of hydrogen-bond donors (Lipinski definition) is 1. The van der Waals surface area contributed by atoms with Crippen molar-refractivity contribution in [2.45, 2.75) is 59.2 Å². The highest BCUT2D eigenvalue weighted by Gasteiger charge is 2.23. The lowest BCUT2D eigenvalue weighted by atomic mass is 10.0. The minimum atomic E-state index is 0.172. The van der Waals surface area contributed by atoms with Gasteiger partial charge in [0, 0.05) is 25.2 Å². The Bertz CT molecular complexity index is 416. The summed E-state index contributed by atoms with van der Waals surface area (Å²) in [5.41, 5.74) is 3.09. The largest absolute Gasteiger partial charge is 0.308 e. The van der Waals surface area contributed by atoms with Crippen LogP contribution in [0.15, 0.2) is 24.3 Å². The summed E-state index contributed by atoms with van der Waals surface area (Å²) in [5, 5.41) is 3.60. The molecule has 2 nitrogen and oxygen atoms in total. The molecule has 0 radical (unpaired) electrons. The summed E-state index contributed by atoms with van der Waals surface area (Å²) in [6.45, 7) is 13.4. The fourth-order valence-electron chi connectivity index (χ4n) is 2.46. The topological polar surface area (TPSA) is 15.3 Å². The lowest BCUT2D eigenvalue weighted by molar-refractivity contribution is 0.267. The quantitative estimate of drug-likeness (QED) is 0.813. The fourth-order valence-corrected chi connectivity index (χ4v) is 2.46. The standard InChI is InChI=1S/C18H30N2/c1-5-20(13-15-10-11-15)14-17-9-7-6-8-16(17)12-19-18(2,3)4/h6-9,15,19H,5,10-14H2,1-4H3. The van der Waals surface area contributed by atoms with Crippen LogP contribution in [0.4, 0.5) is 0 Å². The smallest absolute Gasteiger partial charge is 0.0236 e. The first-order valence-corrected chi connectivity index (χ1v) is 8.02. The van der Waals surface area contributed by atoms with Crippen LogP contribution in [0.25, 0.3) is 0 Å². The van der Waals surface area contributed by atoms with Crippen molar-refractivity contribution in [2.75, 3.05) is 13.1 Å². The molecule has 2 heteroatoms. The lowest BCUT2D eigenvalue weighted by Crippen LogP contribution is -2.35. The van der Waals surface area contributed by atoms with Gasteiger partial charge in [0.25, 0.3) is 0 Å². The van der Waals surface area contributed by atoms with E-state index in [4.69, 9.17) is 0 Å². The second kappa shape index (κ2) is 6.73. The normalized spacial score (nSPS) is 15.8. The molecule has 0 saturated heterocycles. The molecule has 1 aromatic rings. The van der Waals surface area contributed by atoms with Crippen molar-refractivity contribution in [2.24, 2.45) is 5.92 Å². The summed E-state index contributed by atoms with van der Waals surface area (Å²) in [6.07, 6.45) is 2.87. The van der Waals surface area contributed by atoms with E-state index in [-0.39, 0.29) is 5.54 Å². The van der Waals surface area contributed by atoms with E-state index in [0.29, 0.717) is 0 Å². The van der Waals surface area contributed by atoms with Crippen molar-refractivity contribution < 1.29 is 0 Å². The summed E-state index contributed by atoms with van der Waals surface area (Å²) >= 11 is 0. The van der Waals surface area contributed by atoms with Crippen molar-refractivity contribution >= 4 is 0 Å². The Morgan fingerprint density at radius 3 is 2.35 bits per heavy atom. The average molecular weight is 274 g/mol. The predicted molar refractivity (Wildman–Crippen MR) is 86.7 cm³/mol. The molecule has 2 rings (SSSR count). The van der Waals surface area contributed by atoms with E-state index in [0.717, 1.165) is 25.6 Å². The maximum Gasteiger partial charge on any atom is 0.0236 e. The van der Waals surface area contributed by atoms with Crippen molar-refractivity contribution in [1.29, 1.82) is 0 Å². The SMILES string of the molecule is CCN(Cc1ccccc1CNC(C)(C)C)CC1CC1.